The Morgan fingerprint density at radius 2 is 2.24 bits per heavy atom. The highest BCUT2D eigenvalue weighted by Crippen LogP contribution is 2.18. The van der Waals surface area contributed by atoms with Gasteiger partial charge in [0.25, 0.3) is 0 Å². The van der Waals surface area contributed by atoms with Gasteiger partial charge in [0.2, 0.25) is 0 Å². The van der Waals surface area contributed by atoms with Crippen LogP contribution >= 0.6 is 24.0 Å². The number of amides is 1. The topological polar surface area (TPSA) is 57.2 Å². The minimum atomic E-state index is -0.447. The first-order valence-corrected chi connectivity index (χ1v) is 7.04. The summed E-state index contributed by atoms with van der Waals surface area (Å²) in [4.78, 5) is 20.6. The van der Waals surface area contributed by atoms with Crippen molar-refractivity contribution in [3.63, 3.8) is 0 Å². The van der Waals surface area contributed by atoms with Crippen molar-refractivity contribution in [2.24, 2.45) is 4.99 Å². The number of aliphatic imine (C=N–C) groups is 1. The summed E-state index contributed by atoms with van der Waals surface area (Å²) < 4.78 is 5.42. The lowest BCUT2D eigenvalue weighted by Crippen LogP contribution is -2.57. The lowest BCUT2D eigenvalue weighted by atomic mass is 10.2. The second kappa shape index (κ2) is 7.33. The van der Waals surface area contributed by atoms with Gasteiger partial charge in [0.15, 0.2) is 5.96 Å². The number of carbonyl (C=O) groups is 1. The molecule has 2 aliphatic rings. The van der Waals surface area contributed by atoms with Gasteiger partial charge in [-0.2, -0.15) is 0 Å². The first-order chi connectivity index (χ1) is 9.40. The van der Waals surface area contributed by atoms with Gasteiger partial charge in [0.1, 0.15) is 5.60 Å². The van der Waals surface area contributed by atoms with Crippen molar-refractivity contribution >= 4 is 36.0 Å². The predicted molar refractivity (Wildman–Crippen MR) is 94.2 cm³/mol. The van der Waals surface area contributed by atoms with Crippen LogP contribution in [-0.2, 0) is 4.74 Å². The SMILES string of the molecule is C=CCNC1=NCC2CN(C(=O)OC(C)(C)C)CCN12.I. The average Bonchev–Trinajstić information content (AvgIpc) is 2.76. The van der Waals surface area contributed by atoms with Crippen LogP contribution in [0, 0.1) is 0 Å². The summed E-state index contributed by atoms with van der Waals surface area (Å²) in [5.41, 5.74) is -0.447. The molecule has 1 fully saturated rings. The van der Waals surface area contributed by atoms with Crippen LogP contribution < -0.4 is 5.32 Å². The molecule has 0 saturated carbocycles. The number of guanidine groups is 1. The Labute approximate surface area is 143 Å². The van der Waals surface area contributed by atoms with Crippen LogP contribution in [0.4, 0.5) is 4.79 Å². The smallest absolute Gasteiger partial charge is 0.410 e. The number of fused-ring (bicyclic) bond motifs is 1. The van der Waals surface area contributed by atoms with Crippen LogP contribution in [0.1, 0.15) is 20.8 Å². The van der Waals surface area contributed by atoms with E-state index in [1.165, 1.54) is 0 Å². The highest BCUT2D eigenvalue weighted by molar-refractivity contribution is 14.0. The zero-order chi connectivity index (χ0) is 14.8. The number of piperazine rings is 1. The highest BCUT2D eigenvalue weighted by atomic mass is 127. The molecule has 2 heterocycles. The van der Waals surface area contributed by atoms with E-state index in [4.69, 9.17) is 4.74 Å². The molecule has 7 heteroatoms. The third kappa shape index (κ3) is 4.76. The molecular weight excluding hydrogens is 383 g/mol. The second-order valence-electron chi connectivity index (χ2n) is 6.11. The van der Waals surface area contributed by atoms with E-state index in [-0.39, 0.29) is 36.1 Å². The van der Waals surface area contributed by atoms with Crippen molar-refractivity contribution in [3.05, 3.63) is 12.7 Å². The second-order valence-corrected chi connectivity index (χ2v) is 6.11. The maximum atomic E-state index is 12.1. The minimum Gasteiger partial charge on any atom is -0.444 e. The average molecular weight is 408 g/mol. The summed E-state index contributed by atoms with van der Waals surface area (Å²) >= 11 is 0. The van der Waals surface area contributed by atoms with Crippen molar-refractivity contribution in [2.75, 3.05) is 32.7 Å². The number of hydrogen-bond acceptors (Lipinski definition) is 5. The third-order valence-corrected chi connectivity index (χ3v) is 3.26. The number of nitrogens with zero attached hydrogens (tertiary/aromatic N) is 3. The van der Waals surface area contributed by atoms with E-state index in [9.17, 15) is 4.79 Å². The molecule has 0 spiro atoms. The van der Waals surface area contributed by atoms with E-state index in [1.807, 2.05) is 26.8 Å². The van der Waals surface area contributed by atoms with Crippen molar-refractivity contribution in [1.82, 2.24) is 15.1 Å². The fourth-order valence-corrected chi connectivity index (χ4v) is 2.39. The van der Waals surface area contributed by atoms with Crippen LogP contribution in [-0.4, -0.2) is 66.2 Å². The van der Waals surface area contributed by atoms with E-state index in [0.717, 1.165) is 19.0 Å². The van der Waals surface area contributed by atoms with E-state index in [0.29, 0.717) is 19.6 Å². The molecule has 0 aromatic heterocycles. The van der Waals surface area contributed by atoms with Gasteiger partial charge in [0, 0.05) is 26.2 Å². The molecular formula is C14H25IN4O2. The van der Waals surface area contributed by atoms with Crippen molar-refractivity contribution in [2.45, 2.75) is 32.4 Å². The molecule has 0 radical (unpaired) electrons. The van der Waals surface area contributed by atoms with Gasteiger partial charge >= 0.3 is 6.09 Å². The first-order valence-electron chi connectivity index (χ1n) is 7.04. The van der Waals surface area contributed by atoms with E-state index in [2.05, 4.69) is 21.8 Å². The van der Waals surface area contributed by atoms with Crippen LogP contribution in [0.5, 0.6) is 0 Å². The normalized spacial score (nSPS) is 21.1. The number of ether oxygens (including phenoxy) is 1. The highest BCUT2D eigenvalue weighted by Gasteiger charge is 2.36. The molecule has 0 aromatic carbocycles. The van der Waals surface area contributed by atoms with Crippen LogP contribution in [0.3, 0.4) is 0 Å². The van der Waals surface area contributed by atoms with Crippen LogP contribution in [0.2, 0.25) is 0 Å². The zero-order valence-electron chi connectivity index (χ0n) is 13.0. The standard InChI is InChI=1S/C14H24N4O2.HI/c1-5-6-15-12-16-9-11-10-17(7-8-18(11)12)13(19)20-14(2,3)4;/h5,11H,1,6-10H2,2-4H3,(H,15,16);1H. The maximum absolute atomic E-state index is 12.1. The summed E-state index contributed by atoms with van der Waals surface area (Å²) in [6.07, 6.45) is 1.58. The van der Waals surface area contributed by atoms with E-state index < -0.39 is 5.60 Å². The molecule has 1 atom stereocenters. The molecule has 120 valence electrons. The Kier molecular flexibility index (Phi) is 6.30. The predicted octanol–water partition coefficient (Wildman–Crippen LogP) is 1.67. The summed E-state index contributed by atoms with van der Waals surface area (Å²) in [6.45, 7) is 12.9. The summed E-state index contributed by atoms with van der Waals surface area (Å²) in [6, 6.07) is 0.253. The van der Waals surface area contributed by atoms with E-state index in [1.54, 1.807) is 4.90 Å². The van der Waals surface area contributed by atoms with Crippen LogP contribution in [0.15, 0.2) is 17.6 Å². The van der Waals surface area contributed by atoms with Crippen molar-refractivity contribution in [1.29, 1.82) is 0 Å². The fraction of sp³-hybridized carbons (Fsp3) is 0.714. The van der Waals surface area contributed by atoms with Gasteiger partial charge in [-0.15, -0.1) is 30.6 Å². The summed E-state index contributed by atoms with van der Waals surface area (Å²) in [5.74, 6) is 0.915. The molecule has 1 amide bonds. The molecule has 0 bridgehead atoms. The molecule has 21 heavy (non-hydrogen) atoms. The quantitative estimate of drug-likeness (QED) is 0.558. The first kappa shape index (κ1) is 18.1. The molecule has 1 unspecified atom stereocenters. The fourth-order valence-electron chi connectivity index (χ4n) is 2.39. The number of hydrogen-bond donors (Lipinski definition) is 1. The monoisotopic (exact) mass is 408 g/mol. The Bertz CT molecular complexity index is 420. The van der Waals surface area contributed by atoms with Gasteiger partial charge in [-0.3, -0.25) is 4.99 Å². The van der Waals surface area contributed by atoms with Gasteiger partial charge in [-0.05, 0) is 20.8 Å². The van der Waals surface area contributed by atoms with Gasteiger partial charge in [-0.25, -0.2) is 4.79 Å². The minimum absolute atomic E-state index is 0. The molecule has 2 aliphatic heterocycles. The molecule has 0 aliphatic carbocycles. The van der Waals surface area contributed by atoms with Gasteiger partial charge < -0.3 is 19.9 Å². The van der Waals surface area contributed by atoms with Crippen LogP contribution in [0.25, 0.3) is 0 Å². The Hall–Kier alpha value is -0.990. The van der Waals surface area contributed by atoms with Gasteiger partial charge in [-0.1, -0.05) is 6.08 Å². The number of nitrogens with one attached hydrogen (secondary N) is 1. The number of carbonyl (C=O) groups excluding carboxylic acids is 1. The molecule has 1 N–H and O–H groups in total. The number of halogens is 1. The molecule has 6 nitrogen and oxygen atoms in total. The molecule has 1 saturated heterocycles. The largest absolute Gasteiger partial charge is 0.444 e. The van der Waals surface area contributed by atoms with Crippen molar-refractivity contribution in [3.8, 4) is 0 Å². The maximum Gasteiger partial charge on any atom is 0.410 e. The Morgan fingerprint density at radius 3 is 2.86 bits per heavy atom. The summed E-state index contributed by atoms with van der Waals surface area (Å²) in [5, 5.41) is 3.24. The molecule has 0 aromatic rings. The summed E-state index contributed by atoms with van der Waals surface area (Å²) in [7, 11) is 0. The third-order valence-electron chi connectivity index (χ3n) is 3.26. The van der Waals surface area contributed by atoms with E-state index >= 15 is 0 Å². The molecule has 2 rings (SSSR count). The lowest BCUT2D eigenvalue weighted by Gasteiger charge is -2.39. The Balaban J connectivity index is 0.00000220. The van der Waals surface area contributed by atoms with Crippen molar-refractivity contribution < 1.29 is 9.53 Å². The van der Waals surface area contributed by atoms with Gasteiger partial charge in [0.05, 0.1) is 12.6 Å². The number of rotatable bonds is 2. The Morgan fingerprint density at radius 1 is 1.52 bits per heavy atom. The lowest BCUT2D eigenvalue weighted by molar-refractivity contribution is 0.0137. The zero-order valence-corrected chi connectivity index (χ0v) is 15.3.